The Bertz CT molecular complexity index is 749. The smallest absolute Gasteiger partial charge is 0.408 e. The standard InChI is InChI=1S/C28H52N4O5/c1-8-9-10-11-12-13-14-16-21(29)24(33)23(19(2)3)31-25(34)22-17-15-18-32(22)26(35)20(4)30-27(36)37-28(5,6)7/h19-23H,8-18,29H2,1-7H3,(H,30,36)(H,31,34)/t20-,21?,22-,23-/m0/s1. The lowest BCUT2D eigenvalue weighted by molar-refractivity contribution is -0.140. The zero-order chi connectivity index (χ0) is 28.2. The van der Waals surface area contributed by atoms with E-state index in [0.717, 1.165) is 19.3 Å². The van der Waals surface area contributed by atoms with Gasteiger partial charge >= 0.3 is 6.09 Å². The quantitative estimate of drug-likeness (QED) is 0.277. The van der Waals surface area contributed by atoms with Gasteiger partial charge in [-0.05, 0) is 52.9 Å². The molecule has 0 aromatic carbocycles. The van der Waals surface area contributed by atoms with Gasteiger partial charge in [-0.25, -0.2) is 4.79 Å². The van der Waals surface area contributed by atoms with Crippen molar-refractivity contribution in [3.63, 3.8) is 0 Å². The van der Waals surface area contributed by atoms with E-state index in [1.54, 1.807) is 27.7 Å². The number of hydrogen-bond acceptors (Lipinski definition) is 6. The van der Waals surface area contributed by atoms with Crippen LogP contribution in [0.1, 0.15) is 113 Å². The average molecular weight is 525 g/mol. The number of amides is 3. The molecule has 0 spiro atoms. The monoisotopic (exact) mass is 524 g/mol. The number of rotatable bonds is 15. The number of unbranched alkanes of at least 4 members (excludes halogenated alkanes) is 6. The van der Waals surface area contributed by atoms with Crippen LogP contribution in [0, 0.1) is 5.92 Å². The number of ether oxygens (including phenoxy) is 1. The Morgan fingerprint density at radius 1 is 0.973 bits per heavy atom. The summed E-state index contributed by atoms with van der Waals surface area (Å²) in [6, 6.07) is -2.87. The molecule has 0 aliphatic carbocycles. The summed E-state index contributed by atoms with van der Waals surface area (Å²) in [5, 5.41) is 5.43. The molecule has 9 heteroatoms. The Hall–Kier alpha value is -2.16. The van der Waals surface area contributed by atoms with E-state index in [2.05, 4.69) is 17.6 Å². The molecule has 9 nitrogen and oxygen atoms in total. The molecule has 4 N–H and O–H groups in total. The first-order valence-electron chi connectivity index (χ1n) is 14.2. The zero-order valence-electron chi connectivity index (χ0n) is 24.2. The maximum absolute atomic E-state index is 13.2. The third-order valence-corrected chi connectivity index (χ3v) is 6.70. The summed E-state index contributed by atoms with van der Waals surface area (Å²) in [5.74, 6) is -1.00. The first kappa shape index (κ1) is 32.9. The number of likely N-dealkylation sites (tertiary alicyclic amines) is 1. The predicted octanol–water partition coefficient (Wildman–Crippen LogP) is 4.07. The van der Waals surface area contributed by atoms with E-state index in [4.69, 9.17) is 10.5 Å². The van der Waals surface area contributed by atoms with Crippen LogP contribution in [0.15, 0.2) is 0 Å². The van der Waals surface area contributed by atoms with Crippen molar-refractivity contribution in [2.24, 2.45) is 11.7 Å². The van der Waals surface area contributed by atoms with Crippen molar-refractivity contribution in [3.8, 4) is 0 Å². The molecule has 0 aromatic heterocycles. The molecule has 1 aliphatic rings. The summed E-state index contributed by atoms with van der Waals surface area (Å²) in [6.07, 6.45) is 9.13. The van der Waals surface area contributed by atoms with Gasteiger partial charge in [-0.3, -0.25) is 14.4 Å². The van der Waals surface area contributed by atoms with Gasteiger partial charge in [0.15, 0.2) is 5.78 Å². The maximum atomic E-state index is 13.2. The van der Waals surface area contributed by atoms with Crippen LogP contribution in [-0.2, 0) is 19.1 Å². The highest BCUT2D eigenvalue weighted by Gasteiger charge is 2.39. The van der Waals surface area contributed by atoms with E-state index in [1.165, 1.54) is 30.6 Å². The predicted molar refractivity (Wildman–Crippen MR) is 146 cm³/mol. The van der Waals surface area contributed by atoms with Gasteiger partial charge in [0.2, 0.25) is 11.8 Å². The highest BCUT2D eigenvalue weighted by molar-refractivity contribution is 5.96. The molecule has 0 bridgehead atoms. The van der Waals surface area contributed by atoms with Gasteiger partial charge in [-0.2, -0.15) is 0 Å². The van der Waals surface area contributed by atoms with Crippen LogP contribution in [0.5, 0.6) is 0 Å². The largest absolute Gasteiger partial charge is 0.444 e. The first-order valence-corrected chi connectivity index (χ1v) is 14.2. The lowest BCUT2D eigenvalue weighted by Gasteiger charge is -2.30. The van der Waals surface area contributed by atoms with Crippen molar-refractivity contribution < 1.29 is 23.9 Å². The minimum Gasteiger partial charge on any atom is -0.444 e. The van der Waals surface area contributed by atoms with Gasteiger partial charge in [-0.1, -0.05) is 65.7 Å². The van der Waals surface area contributed by atoms with Gasteiger partial charge in [0.1, 0.15) is 17.7 Å². The SMILES string of the molecule is CCCCCCCCCC(N)C(=O)[C@@H](NC(=O)[C@@H]1CCCN1C(=O)[C@H](C)NC(=O)OC(C)(C)C)C(C)C. The van der Waals surface area contributed by atoms with Crippen molar-refractivity contribution in [2.45, 2.75) is 142 Å². The highest BCUT2D eigenvalue weighted by atomic mass is 16.6. The van der Waals surface area contributed by atoms with Crippen molar-refractivity contribution in [3.05, 3.63) is 0 Å². The van der Waals surface area contributed by atoms with Crippen LogP contribution in [0.25, 0.3) is 0 Å². The number of nitrogens with one attached hydrogen (secondary N) is 2. The van der Waals surface area contributed by atoms with Gasteiger partial charge in [0, 0.05) is 6.54 Å². The molecule has 4 atom stereocenters. The molecule has 1 fully saturated rings. The Morgan fingerprint density at radius 3 is 2.14 bits per heavy atom. The van der Waals surface area contributed by atoms with Gasteiger partial charge < -0.3 is 26.0 Å². The van der Waals surface area contributed by atoms with Crippen LogP contribution in [0.4, 0.5) is 4.79 Å². The maximum Gasteiger partial charge on any atom is 0.408 e. The summed E-state index contributed by atoms with van der Waals surface area (Å²) in [4.78, 5) is 52.9. The van der Waals surface area contributed by atoms with Crippen LogP contribution >= 0.6 is 0 Å². The second-order valence-electron chi connectivity index (χ2n) is 11.7. The van der Waals surface area contributed by atoms with Crippen molar-refractivity contribution >= 4 is 23.7 Å². The fourth-order valence-corrected chi connectivity index (χ4v) is 4.61. The Labute approximate surface area is 224 Å². The number of hydrogen-bond donors (Lipinski definition) is 3. The third-order valence-electron chi connectivity index (χ3n) is 6.70. The summed E-state index contributed by atoms with van der Waals surface area (Å²) >= 11 is 0. The fourth-order valence-electron chi connectivity index (χ4n) is 4.61. The number of nitrogens with two attached hydrogens (primary N) is 1. The summed E-state index contributed by atoms with van der Waals surface area (Å²) < 4.78 is 5.23. The van der Waals surface area contributed by atoms with Gasteiger partial charge in [0.25, 0.3) is 0 Å². The number of carbonyl (C=O) groups is 4. The van der Waals surface area contributed by atoms with E-state index < -0.39 is 35.9 Å². The molecular weight excluding hydrogens is 472 g/mol. The van der Waals surface area contributed by atoms with E-state index >= 15 is 0 Å². The van der Waals surface area contributed by atoms with Crippen molar-refractivity contribution in [1.82, 2.24) is 15.5 Å². The van der Waals surface area contributed by atoms with Gasteiger partial charge in [-0.15, -0.1) is 0 Å². The third kappa shape index (κ3) is 11.8. The van der Waals surface area contributed by atoms with Crippen LogP contribution < -0.4 is 16.4 Å². The highest BCUT2D eigenvalue weighted by Crippen LogP contribution is 2.20. The summed E-state index contributed by atoms with van der Waals surface area (Å²) in [6.45, 7) is 13.2. The number of alkyl carbamates (subject to hydrolysis) is 1. The molecule has 1 heterocycles. The van der Waals surface area contributed by atoms with E-state index in [1.807, 2.05) is 13.8 Å². The molecule has 3 amide bonds. The number of ketones is 1. The molecule has 214 valence electrons. The Kier molecular flexibility index (Phi) is 14.2. The van der Waals surface area contributed by atoms with Gasteiger partial charge in [0.05, 0.1) is 12.1 Å². The first-order chi connectivity index (χ1) is 17.3. The van der Waals surface area contributed by atoms with E-state index in [0.29, 0.717) is 25.8 Å². The number of carbonyl (C=O) groups excluding carboxylic acids is 4. The molecular formula is C28H52N4O5. The van der Waals surface area contributed by atoms with Crippen LogP contribution in [0.2, 0.25) is 0 Å². The summed E-state index contributed by atoms with van der Waals surface area (Å²) in [7, 11) is 0. The minimum absolute atomic E-state index is 0.130. The van der Waals surface area contributed by atoms with Crippen LogP contribution in [-0.4, -0.2) is 64.9 Å². The zero-order valence-corrected chi connectivity index (χ0v) is 24.2. The lowest BCUT2D eigenvalue weighted by atomic mass is 9.92. The molecule has 1 aliphatic heterocycles. The van der Waals surface area contributed by atoms with E-state index in [-0.39, 0.29) is 23.5 Å². The summed E-state index contributed by atoms with van der Waals surface area (Å²) in [5.41, 5.74) is 5.55. The number of nitrogens with zero attached hydrogens (tertiary/aromatic N) is 1. The molecule has 0 saturated carbocycles. The van der Waals surface area contributed by atoms with E-state index in [9.17, 15) is 19.2 Å². The lowest BCUT2D eigenvalue weighted by Crippen LogP contribution is -2.57. The van der Waals surface area contributed by atoms with Crippen LogP contribution in [0.3, 0.4) is 0 Å². The average Bonchev–Trinajstić information content (AvgIpc) is 3.29. The topological polar surface area (TPSA) is 131 Å². The minimum atomic E-state index is -0.846. The second-order valence-corrected chi connectivity index (χ2v) is 11.7. The van der Waals surface area contributed by atoms with Crippen molar-refractivity contribution in [2.75, 3.05) is 6.54 Å². The molecule has 37 heavy (non-hydrogen) atoms. The molecule has 0 aromatic rings. The normalized spacial score (nSPS) is 18.3. The Balaban J connectivity index is 2.67. The molecule has 1 unspecified atom stereocenters. The molecule has 0 radical (unpaired) electrons. The fraction of sp³-hybridized carbons (Fsp3) is 0.857. The molecule has 1 saturated heterocycles. The Morgan fingerprint density at radius 2 is 1.57 bits per heavy atom. The molecule has 1 rings (SSSR count). The van der Waals surface area contributed by atoms with Crippen molar-refractivity contribution in [1.29, 1.82) is 0 Å². The number of Topliss-reactive ketones (excluding diaryl/α,β-unsaturated/α-hetero) is 1. The second kappa shape index (κ2) is 15.9.